The van der Waals surface area contributed by atoms with Crippen molar-refractivity contribution in [1.29, 1.82) is 0 Å². The van der Waals surface area contributed by atoms with Crippen molar-refractivity contribution >= 4 is 19.7 Å². The van der Waals surface area contributed by atoms with E-state index in [9.17, 15) is 9.59 Å². The van der Waals surface area contributed by atoms with Crippen molar-refractivity contribution in [1.82, 2.24) is 15.4 Å². The number of nitrogens with one attached hydrogen (secondary N) is 1. The lowest BCUT2D eigenvalue weighted by atomic mass is 9.94. The topological polar surface area (TPSA) is 118 Å². The van der Waals surface area contributed by atoms with Gasteiger partial charge in [0, 0.05) is 55.7 Å². The van der Waals surface area contributed by atoms with Crippen LogP contribution in [0.1, 0.15) is 69.2 Å². The summed E-state index contributed by atoms with van der Waals surface area (Å²) in [5.41, 5.74) is 4.24. The molecule has 0 radical (unpaired) electrons. The van der Waals surface area contributed by atoms with Crippen LogP contribution >= 0.6 is 0 Å². The molecular weight excluding hydrogens is 570 g/mol. The molecule has 3 unspecified atom stereocenters. The molecule has 9 heteroatoms. The van der Waals surface area contributed by atoms with Crippen molar-refractivity contribution in [2.45, 2.75) is 72.2 Å². The summed E-state index contributed by atoms with van der Waals surface area (Å²) < 4.78 is 4.76. The van der Waals surface area contributed by atoms with Crippen molar-refractivity contribution in [3.05, 3.63) is 101 Å². The molecule has 1 amide bonds. The number of aromatic nitrogens is 1. The number of aliphatic hydroxyl groups excluding tert-OH is 1. The van der Waals surface area contributed by atoms with Crippen LogP contribution in [0.25, 0.3) is 0 Å². The van der Waals surface area contributed by atoms with Crippen LogP contribution in [0.15, 0.2) is 79.1 Å². The summed E-state index contributed by atoms with van der Waals surface area (Å²) in [4.78, 5) is 38.2. The van der Waals surface area contributed by atoms with Gasteiger partial charge in [-0.2, -0.15) is 5.06 Å². The number of amides is 1. The summed E-state index contributed by atoms with van der Waals surface area (Å²) in [5, 5.41) is 11.6. The van der Waals surface area contributed by atoms with Crippen molar-refractivity contribution in [3.63, 3.8) is 0 Å². The minimum Gasteiger partial charge on any atom is -0.468 e. The monoisotopic (exact) mass is 619 g/mol. The number of carbonyl (C=O) groups is 3. The van der Waals surface area contributed by atoms with Crippen LogP contribution in [-0.4, -0.2) is 60.7 Å². The number of aliphatic hydroxyl groups is 1. The Hall–Kier alpha value is -4.36. The van der Waals surface area contributed by atoms with Gasteiger partial charge in [0.25, 0.3) is 6.47 Å². The first kappa shape index (κ1) is 40.6. The van der Waals surface area contributed by atoms with Crippen LogP contribution in [0.2, 0.25) is 0 Å². The third kappa shape index (κ3) is 16.9. The van der Waals surface area contributed by atoms with Crippen molar-refractivity contribution in [2.75, 3.05) is 13.7 Å². The van der Waals surface area contributed by atoms with Gasteiger partial charge in [-0.3, -0.25) is 19.4 Å². The third-order valence-corrected chi connectivity index (χ3v) is 6.64. The normalized spacial score (nSPS) is 16.1. The highest BCUT2D eigenvalue weighted by Crippen LogP contribution is 2.31. The molecule has 0 saturated carbocycles. The number of hydrogen-bond donors (Lipinski definition) is 2. The van der Waals surface area contributed by atoms with Gasteiger partial charge in [-0.05, 0) is 67.6 Å². The van der Waals surface area contributed by atoms with E-state index in [1.807, 2.05) is 69.2 Å². The zero-order valence-corrected chi connectivity index (χ0v) is 27.2. The average molecular weight is 620 g/mol. The van der Waals surface area contributed by atoms with E-state index in [0.29, 0.717) is 38.0 Å². The van der Waals surface area contributed by atoms with E-state index in [-0.39, 0.29) is 6.10 Å². The molecule has 244 valence electrons. The van der Waals surface area contributed by atoms with Gasteiger partial charge in [-0.15, -0.1) is 0 Å². The van der Waals surface area contributed by atoms with E-state index in [4.69, 9.17) is 19.5 Å². The Morgan fingerprint density at radius 2 is 1.62 bits per heavy atom. The summed E-state index contributed by atoms with van der Waals surface area (Å²) in [6, 6.07) is 22.5. The second kappa shape index (κ2) is 27.2. The largest absolute Gasteiger partial charge is 0.468 e. The van der Waals surface area contributed by atoms with Crippen LogP contribution in [0.3, 0.4) is 0 Å². The molecule has 45 heavy (non-hydrogen) atoms. The van der Waals surface area contributed by atoms with Crippen molar-refractivity contribution in [3.8, 4) is 11.8 Å². The molecule has 0 spiro atoms. The molecule has 1 aromatic heterocycles. The Morgan fingerprint density at radius 3 is 2.27 bits per heavy atom. The minimum absolute atomic E-state index is 0.210. The Labute approximate surface area is 268 Å². The molecule has 0 bridgehead atoms. The fraction of sp³-hybridized carbons (Fsp3) is 0.389. The van der Waals surface area contributed by atoms with Gasteiger partial charge in [-0.25, -0.2) is 0 Å². The zero-order chi connectivity index (χ0) is 33.7. The number of pyridine rings is 1. The molecule has 1 aliphatic rings. The molecule has 1 aliphatic heterocycles. The molecule has 1 fully saturated rings. The number of nitrogens with zero attached hydrogens (tertiary/aromatic N) is 2. The molecule has 2 heterocycles. The number of ether oxygens (including phenoxy) is 1. The third-order valence-electron chi connectivity index (χ3n) is 6.64. The quantitative estimate of drug-likeness (QED) is 0.168. The summed E-state index contributed by atoms with van der Waals surface area (Å²) in [6.07, 6.45) is 7.15. The Morgan fingerprint density at radius 1 is 0.956 bits per heavy atom. The SMILES string of the molecule is C=O.CC.CC1C(CCCCOC=O)ON(Cc2cccc(C#Cc3ccccc3)c2)C1C.CO.O=CNCc1cccnc1. The van der Waals surface area contributed by atoms with Gasteiger partial charge in [0.1, 0.15) is 6.79 Å². The molecule has 2 N–H and O–H groups in total. The number of hydrogen-bond acceptors (Lipinski definition) is 8. The van der Waals surface area contributed by atoms with Gasteiger partial charge in [0.15, 0.2) is 0 Å². The fourth-order valence-electron chi connectivity index (χ4n) is 4.27. The fourth-order valence-corrected chi connectivity index (χ4v) is 4.27. The Balaban J connectivity index is 0.00000101. The molecule has 2 aromatic carbocycles. The maximum absolute atomic E-state index is 10.2. The molecule has 0 aliphatic carbocycles. The lowest BCUT2D eigenvalue weighted by Gasteiger charge is -2.20. The van der Waals surface area contributed by atoms with Crippen molar-refractivity contribution in [2.24, 2.45) is 5.92 Å². The van der Waals surface area contributed by atoms with E-state index >= 15 is 0 Å². The van der Waals surface area contributed by atoms with Gasteiger partial charge < -0.3 is 20.0 Å². The lowest BCUT2D eigenvalue weighted by molar-refractivity contribution is -0.169. The van der Waals surface area contributed by atoms with Crippen molar-refractivity contribution < 1.29 is 29.1 Å². The Kier molecular flexibility index (Phi) is 24.6. The average Bonchev–Trinajstić information content (AvgIpc) is 3.38. The molecule has 3 atom stereocenters. The van der Waals surface area contributed by atoms with Crippen LogP contribution < -0.4 is 5.32 Å². The van der Waals surface area contributed by atoms with E-state index in [1.54, 1.807) is 12.4 Å². The summed E-state index contributed by atoms with van der Waals surface area (Å²) >= 11 is 0. The summed E-state index contributed by atoms with van der Waals surface area (Å²) in [5.74, 6) is 6.93. The maximum Gasteiger partial charge on any atom is 0.293 e. The smallest absolute Gasteiger partial charge is 0.293 e. The second-order valence-electron chi connectivity index (χ2n) is 9.46. The van der Waals surface area contributed by atoms with Gasteiger partial charge in [-0.1, -0.05) is 69.0 Å². The number of benzene rings is 2. The minimum atomic E-state index is 0.210. The standard InChI is InChI=1S/C25H29NO3.C7H8N2O.C2H6.CH4O.CH2O/c1-20-21(2)26(29-25(20)13-6-7-16-28-19-27)18-24-12-8-11-23(17-24)15-14-22-9-4-3-5-10-22;10-6-9-5-7-2-1-3-8-4-7;3*1-2/h3-5,8-12,17,19-21,25H,6-7,13,16,18H2,1-2H3;1-4,6H,5H2,(H,9,10);1-2H3;2H,1H3;1H2. The number of unbranched alkanes of at least 4 members (excludes halogenated alkanes) is 1. The van der Waals surface area contributed by atoms with E-state index in [2.05, 4.69) is 59.3 Å². The first-order chi connectivity index (χ1) is 22.1. The first-order valence-corrected chi connectivity index (χ1v) is 15.0. The highest BCUT2D eigenvalue weighted by molar-refractivity contribution is 5.46. The number of hydroxylamine groups is 2. The maximum atomic E-state index is 10.2. The summed E-state index contributed by atoms with van der Waals surface area (Å²) in [7, 11) is 1.00. The van der Waals surface area contributed by atoms with Gasteiger partial charge in [0.05, 0.1) is 12.7 Å². The van der Waals surface area contributed by atoms with E-state index in [1.165, 1.54) is 5.56 Å². The van der Waals surface area contributed by atoms with E-state index < -0.39 is 0 Å². The van der Waals surface area contributed by atoms with Crippen LogP contribution in [-0.2, 0) is 37.0 Å². The summed E-state index contributed by atoms with van der Waals surface area (Å²) in [6.45, 7) is 12.8. The van der Waals surface area contributed by atoms with Gasteiger partial charge in [0.2, 0.25) is 6.41 Å². The molecule has 3 aromatic rings. The highest BCUT2D eigenvalue weighted by Gasteiger charge is 2.37. The second-order valence-corrected chi connectivity index (χ2v) is 9.46. The molecule has 1 saturated heterocycles. The molecule has 9 nitrogen and oxygen atoms in total. The predicted molar refractivity (Wildman–Crippen MR) is 178 cm³/mol. The van der Waals surface area contributed by atoms with Crippen LogP contribution in [0.4, 0.5) is 0 Å². The number of rotatable bonds is 11. The predicted octanol–water partition coefficient (Wildman–Crippen LogP) is 5.35. The highest BCUT2D eigenvalue weighted by atomic mass is 16.7. The zero-order valence-electron chi connectivity index (χ0n) is 27.2. The van der Waals surface area contributed by atoms with E-state index in [0.717, 1.165) is 49.6 Å². The first-order valence-electron chi connectivity index (χ1n) is 15.0. The van der Waals surface area contributed by atoms with Crippen LogP contribution in [0.5, 0.6) is 0 Å². The number of carbonyl (C=O) groups excluding carboxylic acids is 3. The molecule has 4 rings (SSSR count). The molecular formula is C36H49N3O6. The lowest BCUT2D eigenvalue weighted by Crippen LogP contribution is -2.27. The Bertz CT molecular complexity index is 1220. The van der Waals surface area contributed by atoms with Crippen LogP contribution in [0, 0.1) is 17.8 Å². The van der Waals surface area contributed by atoms with Gasteiger partial charge >= 0.3 is 0 Å².